The molecule has 162 valence electrons. The van der Waals surface area contributed by atoms with Gasteiger partial charge in [0.05, 0.1) is 12.4 Å². The van der Waals surface area contributed by atoms with Gasteiger partial charge in [-0.1, -0.05) is 60.1 Å². The lowest BCUT2D eigenvalue weighted by atomic mass is 9.79. The van der Waals surface area contributed by atoms with Crippen molar-refractivity contribution in [3.63, 3.8) is 0 Å². The molecule has 1 aliphatic carbocycles. The van der Waals surface area contributed by atoms with Gasteiger partial charge in [0, 0.05) is 30.5 Å². The average molecular weight is 445 g/mol. The first-order valence-corrected chi connectivity index (χ1v) is 11.3. The van der Waals surface area contributed by atoms with Crippen LogP contribution in [0.4, 0.5) is 0 Å². The zero-order valence-electron chi connectivity index (χ0n) is 17.7. The molecule has 0 radical (unpaired) electrons. The van der Waals surface area contributed by atoms with Crippen molar-refractivity contribution in [1.29, 1.82) is 0 Å². The molecule has 3 aromatic rings. The van der Waals surface area contributed by atoms with Gasteiger partial charge in [-0.2, -0.15) is 0 Å². The Kier molecular flexibility index (Phi) is 5.66. The molecule has 0 saturated heterocycles. The van der Waals surface area contributed by atoms with Crippen molar-refractivity contribution in [1.82, 2.24) is 15.2 Å². The number of rotatable bonds is 7. The number of carbonyl (C=O) groups excluding carboxylic acids is 1. The molecule has 1 aromatic heterocycles. The van der Waals surface area contributed by atoms with Crippen LogP contribution < -0.4 is 5.32 Å². The minimum atomic E-state index is -1.09. The van der Waals surface area contributed by atoms with E-state index in [1.165, 1.54) is 12.8 Å². The predicted octanol–water partition coefficient (Wildman–Crippen LogP) is 4.74. The summed E-state index contributed by atoms with van der Waals surface area (Å²) in [5, 5.41) is 3.81. The third-order valence-corrected chi connectivity index (χ3v) is 6.48. The van der Waals surface area contributed by atoms with Crippen molar-refractivity contribution in [3.05, 3.63) is 101 Å². The third kappa shape index (κ3) is 4.00. The second-order valence-corrected chi connectivity index (χ2v) is 8.95. The van der Waals surface area contributed by atoms with E-state index in [-0.39, 0.29) is 11.9 Å². The van der Waals surface area contributed by atoms with Crippen molar-refractivity contribution in [2.24, 2.45) is 10.9 Å². The minimum absolute atomic E-state index is 0.123. The summed E-state index contributed by atoms with van der Waals surface area (Å²) in [6.45, 7) is 1.29. The summed E-state index contributed by atoms with van der Waals surface area (Å²) in [6, 6.07) is 21.2. The van der Waals surface area contributed by atoms with Crippen molar-refractivity contribution < 1.29 is 4.79 Å². The molecule has 32 heavy (non-hydrogen) atoms. The quantitative estimate of drug-likeness (QED) is 0.572. The Morgan fingerprint density at radius 2 is 1.84 bits per heavy atom. The zero-order chi connectivity index (χ0) is 22.0. The number of carbonyl (C=O) groups is 1. The predicted molar refractivity (Wildman–Crippen MR) is 126 cm³/mol. The molecule has 5 nitrogen and oxygen atoms in total. The lowest BCUT2D eigenvalue weighted by Crippen LogP contribution is -2.48. The van der Waals surface area contributed by atoms with Crippen LogP contribution in [0, 0.1) is 5.92 Å². The van der Waals surface area contributed by atoms with Crippen LogP contribution >= 0.6 is 11.6 Å². The van der Waals surface area contributed by atoms with E-state index >= 15 is 0 Å². The van der Waals surface area contributed by atoms with Crippen LogP contribution in [-0.4, -0.2) is 28.7 Å². The van der Waals surface area contributed by atoms with E-state index in [9.17, 15) is 4.79 Å². The molecule has 5 rings (SSSR count). The Balaban J connectivity index is 1.56. The highest BCUT2D eigenvalue weighted by atomic mass is 35.5. The second-order valence-electron chi connectivity index (χ2n) is 8.52. The Morgan fingerprint density at radius 3 is 2.53 bits per heavy atom. The highest BCUT2D eigenvalue weighted by molar-refractivity contribution is 6.30. The van der Waals surface area contributed by atoms with Crippen LogP contribution in [0.1, 0.15) is 35.6 Å². The van der Waals surface area contributed by atoms with Crippen molar-refractivity contribution in [3.8, 4) is 0 Å². The topological polar surface area (TPSA) is 57.6 Å². The zero-order valence-corrected chi connectivity index (χ0v) is 18.4. The molecule has 1 aliphatic heterocycles. The first kappa shape index (κ1) is 20.7. The van der Waals surface area contributed by atoms with Crippen molar-refractivity contribution in [2.75, 3.05) is 6.54 Å². The summed E-state index contributed by atoms with van der Waals surface area (Å²) < 4.78 is 0. The summed E-state index contributed by atoms with van der Waals surface area (Å²) in [5.74, 6) is 0.531. The largest absolute Gasteiger partial charge is 0.352 e. The number of benzene rings is 2. The maximum Gasteiger partial charge on any atom is 0.255 e. The fourth-order valence-corrected chi connectivity index (χ4v) is 4.56. The van der Waals surface area contributed by atoms with Crippen LogP contribution in [0.3, 0.4) is 0 Å². The molecule has 2 aromatic carbocycles. The van der Waals surface area contributed by atoms with Gasteiger partial charge < -0.3 is 10.2 Å². The van der Waals surface area contributed by atoms with Gasteiger partial charge in [-0.25, -0.2) is 0 Å². The molecular weight excluding hydrogens is 420 g/mol. The van der Waals surface area contributed by atoms with Gasteiger partial charge in [-0.05, 0) is 53.6 Å². The fourth-order valence-electron chi connectivity index (χ4n) is 4.43. The Hall–Kier alpha value is -3.18. The maximum absolute atomic E-state index is 13.9. The Bertz CT molecular complexity index is 1100. The van der Waals surface area contributed by atoms with E-state index < -0.39 is 5.54 Å². The lowest BCUT2D eigenvalue weighted by Gasteiger charge is -2.37. The van der Waals surface area contributed by atoms with Gasteiger partial charge in [0.1, 0.15) is 0 Å². The molecular formula is C26H25ClN4O. The SMILES string of the molecule is O=C(NCc1cccnc1)C1(c2ccccc2)N=CN(CC2CC2)C1c1ccc(Cl)cc1. The summed E-state index contributed by atoms with van der Waals surface area (Å²) in [7, 11) is 0. The number of amides is 1. The second kappa shape index (κ2) is 8.75. The third-order valence-electron chi connectivity index (χ3n) is 6.22. The number of aliphatic imine (C=N–C) groups is 1. The van der Waals surface area contributed by atoms with Gasteiger partial charge >= 0.3 is 0 Å². The fraction of sp³-hybridized carbons (Fsp3) is 0.269. The number of pyridine rings is 1. The smallest absolute Gasteiger partial charge is 0.255 e. The first-order chi connectivity index (χ1) is 15.7. The monoisotopic (exact) mass is 444 g/mol. The van der Waals surface area contributed by atoms with Crippen molar-refractivity contribution >= 4 is 23.8 Å². The summed E-state index contributed by atoms with van der Waals surface area (Å²) in [4.78, 5) is 25.3. The number of aromatic nitrogens is 1. The number of halogens is 1. The van der Waals surface area contributed by atoms with Crippen molar-refractivity contribution in [2.45, 2.75) is 31.0 Å². The van der Waals surface area contributed by atoms with Gasteiger partial charge in [0.15, 0.2) is 5.54 Å². The Morgan fingerprint density at radius 1 is 1.06 bits per heavy atom. The van der Waals surface area contributed by atoms with Gasteiger partial charge in [-0.15, -0.1) is 0 Å². The number of nitrogens with zero attached hydrogens (tertiary/aromatic N) is 3. The number of hydrogen-bond donors (Lipinski definition) is 1. The average Bonchev–Trinajstić information content (AvgIpc) is 3.58. The Labute approximate surface area is 193 Å². The molecule has 1 N–H and O–H groups in total. The molecule has 2 atom stereocenters. The normalized spacial score (nSPS) is 22.2. The molecule has 2 aliphatic rings. The number of hydrogen-bond acceptors (Lipinski definition) is 4. The van der Waals surface area contributed by atoms with E-state index in [0.717, 1.165) is 23.2 Å². The van der Waals surface area contributed by atoms with Crippen LogP contribution in [0.2, 0.25) is 5.02 Å². The van der Waals surface area contributed by atoms with E-state index in [0.29, 0.717) is 17.5 Å². The van der Waals surface area contributed by atoms with E-state index in [1.54, 1.807) is 12.4 Å². The molecule has 2 heterocycles. The molecule has 1 fully saturated rings. The molecule has 0 spiro atoms. The van der Waals surface area contributed by atoms with Gasteiger partial charge in [0.2, 0.25) is 0 Å². The van der Waals surface area contributed by atoms with Crippen LogP contribution in [-0.2, 0) is 16.9 Å². The first-order valence-electron chi connectivity index (χ1n) is 11.0. The van der Waals surface area contributed by atoms with E-state index in [2.05, 4.69) is 15.2 Å². The van der Waals surface area contributed by atoms with Gasteiger partial charge in [0.25, 0.3) is 5.91 Å². The van der Waals surface area contributed by atoms with Gasteiger partial charge in [-0.3, -0.25) is 14.8 Å². The lowest BCUT2D eigenvalue weighted by molar-refractivity contribution is -0.128. The highest BCUT2D eigenvalue weighted by Gasteiger charge is 2.53. The molecule has 1 saturated carbocycles. The standard InChI is InChI=1S/C26H25ClN4O/c27-23-12-10-21(11-13-23)24-26(22-6-2-1-3-7-22,30-18-31(24)17-19-8-9-19)25(32)29-16-20-5-4-14-28-15-20/h1-7,10-15,18-19,24H,8-9,16-17H2,(H,29,32). The summed E-state index contributed by atoms with van der Waals surface area (Å²) >= 11 is 6.19. The summed E-state index contributed by atoms with van der Waals surface area (Å²) in [5.41, 5.74) is 1.75. The van der Waals surface area contributed by atoms with E-state index in [1.807, 2.05) is 73.1 Å². The van der Waals surface area contributed by atoms with Crippen LogP contribution in [0.5, 0.6) is 0 Å². The molecule has 0 bridgehead atoms. The van der Waals surface area contributed by atoms with Crippen LogP contribution in [0.25, 0.3) is 0 Å². The van der Waals surface area contributed by atoms with E-state index in [4.69, 9.17) is 16.6 Å². The minimum Gasteiger partial charge on any atom is -0.352 e. The molecule has 1 amide bonds. The maximum atomic E-state index is 13.9. The van der Waals surface area contributed by atoms with Crippen LogP contribution in [0.15, 0.2) is 84.1 Å². The summed E-state index contributed by atoms with van der Waals surface area (Å²) in [6.07, 6.45) is 7.81. The highest BCUT2D eigenvalue weighted by Crippen LogP contribution is 2.47. The number of nitrogens with one attached hydrogen (secondary N) is 1. The molecule has 6 heteroatoms. The molecule has 2 unspecified atom stereocenters.